The van der Waals surface area contributed by atoms with Crippen molar-refractivity contribution in [2.75, 3.05) is 12.4 Å². The number of H-pyrrole nitrogens is 1. The molecule has 1 aliphatic heterocycles. The third-order valence-electron chi connectivity index (χ3n) is 4.82. The lowest BCUT2D eigenvalue weighted by Gasteiger charge is -2.27. The summed E-state index contributed by atoms with van der Waals surface area (Å²) in [7, 11) is 1.61. The first-order valence-electron chi connectivity index (χ1n) is 8.73. The van der Waals surface area contributed by atoms with Gasteiger partial charge in [0.2, 0.25) is 5.95 Å². The van der Waals surface area contributed by atoms with Crippen LogP contribution in [0.4, 0.5) is 11.6 Å². The molecule has 0 fully saturated rings. The molecular weight excluding hydrogens is 438 g/mol. The van der Waals surface area contributed by atoms with E-state index in [0.717, 1.165) is 21.3 Å². The number of fused-ring (bicyclic) bond motifs is 2. The lowest BCUT2D eigenvalue weighted by Crippen LogP contribution is -2.29. The van der Waals surface area contributed by atoms with Crippen molar-refractivity contribution in [1.29, 1.82) is 0 Å². The highest BCUT2D eigenvalue weighted by Crippen LogP contribution is 2.41. The van der Waals surface area contributed by atoms with Crippen LogP contribution in [0.3, 0.4) is 0 Å². The molecule has 4 aromatic rings. The number of hydrogen-bond acceptors (Lipinski definition) is 7. The van der Waals surface area contributed by atoms with Crippen molar-refractivity contribution in [1.82, 2.24) is 30.4 Å². The second-order valence-electron chi connectivity index (χ2n) is 6.44. The van der Waals surface area contributed by atoms with Gasteiger partial charge in [-0.2, -0.15) is 9.78 Å². The van der Waals surface area contributed by atoms with Gasteiger partial charge >= 0.3 is 0 Å². The average Bonchev–Trinajstić information content (AvgIpc) is 3.22. The summed E-state index contributed by atoms with van der Waals surface area (Å²) >= 11 is 3.45. The minimum absolute atomic E-state index is 0.339. The Balaban J connectivity index is 1.78. The monoisotopic (exact) mass is 451 g/mol. The zero-order chi connectivity index (χ0) is 20.0. The van der Waals surface area contributed by atoms with E-state index in [2.05, 4.69) is 47.0 Å². The fourth-order valence-corrected chi connectivity index (χ4v) is 3.72. The van der Waals surface area contributed by atoms with Crippen molar-refractivity contribution in [3.63, 3.8) is 0 Å². The number of methoxy groups -OCH3 is 1. The molecule has 10 heteroatoms. The van der Waals surface area contributed by atoms with Gasteiger partial charge in [-0.05, 0) is 40.3 Å². The average molecular weight is 452 g/mol. The largest absolute Gasteiger partial charge is 0.497 e. The van der Waals surface area contributed by atoms with Gasteiger partial charge in [-0.15, -0.1) is 0 Å². The Morgan fingerprint density at radius 1 is 1.10 bits per heavy atom. The maximum atomic E-state index is 12.6. The molecule has 1 atom stereocenters. The van der Waals surface area contributed by atoms with Crippen molar-refractivity contribution in [2.45, 2.75) is 6.04 Å². The minimum atomic E-state index is -0.435. The summed E-state index contributed by atoms with van der Waals surface area (Å²) in [5.41, 5.74) is 3.13. The van der Waals surface area contributed by atoms with Gasteiger partial charge in [0.05, 0.1) is 12.8 Å². The molecule has 144 valence electrons. The summed E-state index contributed by atoms with van der Waals surface area (Å²) in [6.45, 7) is 0. The predicted molar refractivity (Wildman–Crippen MR) is 109 cm³/mol. The van der Waals surface area contributed by atoms with Crippen molar-refractivity contribution in [2.24, 2.45) is 0 Å². The second kappa shape index (κ2) is 6.82. The summed E-state index contributed by atoms with van der Waals surface area (Å²) in [5, 5.41) is 21.9. The Kier molecular flexibility index (Phi) is 4.13. The quantitative estimate of drug-likeness (QED) is 0.433. The molecule has 3 heterocycles. The maximum Gasteiger partial charge on any atom is 0.288 e. The molecule has 2 N–H and O–H groups in total. The molecule has 0 radical (unpaired) electrons. The van der Waals surface area contributed by atoms with Crippen molar-refractivity contribution < 1.29 is 4.74 Å². The van der Waals surface area contributed by atoms with Gasteiger partial charge in [0.1, 0.15) is 17.5 Å². The van der Waals surface area contributed by atoms with Crippen molar-refractivity contribution >= 4 is 27.6 Å². The molecule has 0 spiro atoms. The van der Waals surface area contributed by atoms with Crippen LogP contribution < -0.4 is 15.6 Å². The fraction of sp³-hybridized carbons (Fsp3) is 0.105. The van der Waals surface area contributed by atoms with Crippen LogP contribution in [0, 0.1) is 0 Å². The molecule has 1 aliphatic rings. The SMILES string of the molecule is COc1ccc([C@H]2c3c(-c4ccc(Br)cc4)n[nH]c(=O)c3Nc3nnnn32)cc1. The summed E-state index contributed by atoms with van der Waals surface area (Å²) in [5.74, 6) is 1.12. The highest BCUT2D eigenvalue weighted by atomic mass is 79.9. The summed E-state index contributed by atoms with van der Waals surface area (Å²) < 4.78 is 7.87. The maximum absolute atomic E-state index is 12.6. The first kappa shape index (κ1) is 17.6. The normalized spacial score (nSPS) is 14.6. The zero-order valence-electron chi connectivity index (χ0n) is 15.1. The highest BCUT2D eigenvalue weighted by Gasteiger charge is 2.34. The third-order valence-corrected chi connectivity index (χ3v) is 5.35. The molecule has 0 bridgehead atoms. The standard InChI is InChI=1S/C19H14BrN7O2/c1-29-13-8-4-11(5-9-13)17-14-15(10-2-6-12(20)7-3-10)22-23-18(28)16(14)21-19-24-25-26-27(17)19/h2-9,17H,1H3,(H,23,28)(H,21,24,26)/t17-/m0/s1. The number of anilines is 2. The van der Waals surface area contributed by atoms with E-state index in [-0.39, 0.29) is 5.56 Å². The Hall–Kier alpha value is -3.53. The third kappa shape index (κ3) is 2.88. The second-order valence-corrected chi connectivity index (χ2v) is 7.36. The van der Waals surface area contributed by atoms with Gasteiger partial charge in [-0.25, -0.2) is 5.10 Å². The molecule has 0 saturated heterocycles. The van der Waals surface area contributed by atoms with E-state index in [4.69, 9.17) is 4.74 Å². The number of halogens is 1. The zero-order valence-corrected chi connectivity index (χ0v) is 16.7. The number of nitrogens with one attached hydrogen (secondary N) is 2. The molecule has 0 unspecified atom stereocenters. The van der Waals surface area contributed by atoms with E-state index in [9.17, 15) is 4.79 Å². The van der Waals surface area contributed by atoms with Crippen LogP contribution in [0.1, 0.15) is 17.2 Å². The van der Waals surface area contributed by atoms with Gasteiger partial charge in [0.25, 0.3) is 5.56 Å². The molecule has 0 aliphatic carbocycles. The number of nitrogens with zero attached hydrogens (tertiary/aromatic N) is 5. The number of aromatic amines is 1. The van der Waals surface area contributed by atoms with Crippen LogP contribution in [0.15, 0.2) is 57.8 Å². The Bertz CT molecular complexity index is 1250. The Morgan fingerprint density at radius 3 is 2.59 bits per heavy atom. The lowest BCUT2D eigenvalue weighted by molar-refractivity contribution is 0.414. The molecule has 2 aromatic heterocycles. The predicted octanol–water partition coefficient (Wildman–Crippen LogP) is 2.89. The van der Waals surface area contributed by atoms with E-state index >= 15 is 0 Å². The van der Waals surface area contributed by atoms with Gasteiger partial charge in [0, 0.05) is 15.6 Å². The molecule has 0 saturated carbocycles. The molecular formula is C19H14BrN7O2. The number of rotatable bonds is 3. The van der Waals surface area contributed by atoms with Crippen LogP contribution in [0.5, 0.6) is 5.75 Å². The Labute approximate surface area is 172 Å². The topological polar surface area (TPSA) is 111 Å². The first-order chi connectivity index (χ1) is 14.2. The van der Waals surface area contributed by atoms with E-state index < -0.39 is 6.04 Å². The fourth-order valence-electron chi connectivity index (χ4n) is 3.46. The van der Waals surface area contributed by atoms with Crippen molar-refractivity contribution in [3.8, 4) is 17.0 Å². The smallest absolute Gasteiger partial charge is 0.288 e. The van der Waals surface area contributed by atoms with Crippen LogP contribution in [-0.4, -0.2) is 37.5 Å². The van der Waals surface area contributed by atoms with Gasteiger partial charge in [0.15, 0.2) is 0 Å². The summed E-state index contributed by atoms with van der Waals surface area (Å²) in [6.07, 6.45) is 0. The molecule has 9 nitrogen and oxygen atoms in total. The molecule has 5 rings (SSSR count). The molecule has 2 aromatic carbocycles. The van der Waals surface area contributed by atoms with Crippen LogP contribution in [0.2, 0.25) is 0 Å². The van der Waals surface area contributed by atoms with E-state index in [1.807, 2.05) is 48.5 Å². The Morgan fingerprint density at radius 2 is 1.86 bits per heavy atom. The number of aromatic nitrogens is 6. The number of ether oxygens (including phenoxy) is 1. The lowest BCUT2D eigenvalue weighted by atomic mass is 9.92. The number of tetrazole rings is 1. The molecule has 29 heavy (non-hydrogen) atoms. The van der Waals surface area contributed by atoms with E-state index in [1.54, 1.807) is 11.8 Å². The first-order valence-corrected chi connectivity index (χ1v) is 9.52. The molecule has 0 amide bonds. The van der Waals surface area contributed by atoms with E-state index in [1.165, 1.54) is 0 Å². The summed E-state index contributed by atoms with van der Waals surface area (Å²) in [6, 6.07) is 14.9. The van der Waals surface area contributed by atoms with Gasteiger partial charge in [-0.1, -0.05) is 45.3 Å². The van der Waals surface area contributed by atoms with Crippen LogP contribution in [-0.2, 0) is 0 Å². The summed E-state index contributed by atoms with van der Waals surface area (Å²) in [4.78, 5) is 12.6. The number of hydrogen-bond donors (Lipinski definition) is 2. The highest BCUT2D eigenvalue weighted by molar-refractivity contribution is 9.10. The minimum Gasteiger partial charge on any atom is -0.497 e. The number of benzene rings is 2. The van der Waals surface area contributed by atoms with Crippen molar-refractivity contribution in [3.05, 3.63) is 74.5 Å². The van der Waals surface area contributed by atoms with Crippen LogP contribution in [0.25, 0.3) is 11.3 Å². The van der Waals surface area contributed by atoms with Gasteiger partial charge in [-0.3, -0.25) is 4.79 Å². The van der Waals surface area contributed by atoms with Gasteiger partial charge < -0.3 is 10.1 Å². The van der Waals surface area contributed by atoms with E-state index in [0.29, 0.717) is 22.9 Å². The van der Waals surface area contributed by atoms with Crippen LogP contribution >= 0.6 is 15.9 Å².